The molecule has 0 spiro atoms. The standard InChI is InChI=1S/C8H11N/c1-2-4-8-7(3-1)5-6-9-8/h1-2,5-9H,3-4H2. The van der Waals surface area contributed by atoms with Gasteiger partial charge in [-0.2, -0.15) is 0 Å². The van der Waals surface area contributed by atoms with Gasteiger partial charge in [0.15, 0.2) is 0 Å². The lowest BCUT2D eigenvalue weighted by atomic mass is 9.91. The second kappa shape index (κ2) is 1.90. The predicted octanol–water partition coefficient (Wildman–Crippen LogP) is 1.44. The molecule has 1 aliphatic carbocycles. The topological polar surface area (TPSA) is 12.0 Å². The summed E-state index contributed by atoms with van der Waals surface area (Å²) in [5, 5.41) is 3.33. The van der Waals surface area contributed by atoms with Crippen molar-refractivity contribution in [3.05, 3.63) is 24.4 Å². The van der Waals surface area contributed by atoms with E-state index in [1.54, 1.807) is 0 Å². The monoisotopic (exact) mass is 121 g/mol. The molecule has 1 heteroatoms. The molecule has 0 radical (unpaired) electrons. The molecule has 1 N–H and O–H groups in total. The summed E-state index contributed by atoms with van der Waals surface area (Å²) < 4.78 is 0. The maximum absolute atomic E-state index is 3.33. The largest absolute Gasteiger partial charge is 0.387 e. The molecule has 2 unspecified atom stereocenters. The number of rotatable bonds is 0. The third-order valence-electron chi connectivity index (χ3n) is 2.14. The van der Waals surface area contributed by atoms with E-state index in [1.807, 2.05) is 0 Å². The quantitative estimate of drug-likeness (QED) is 0.478. The van der Waals surface area contributed by atoms with Crippen molar-refractivity contribution in [1.29, 1.82) is 0 Å². The Morgan fingerprint density at radius 2 is 2.11 bits per heavy atom. The Morgan fingerprint density at radius 1 is 1.22 bits per heavy atom. The number of allylic oxidation sites excluding steroid dienone is 1. The molecule has 0 aromatic rings. The third-order valence-corrected chi connectivity index (χ3v) is 2.14. The lowest BCUT2D eigenvalue weighted by Crippen LogP contribution is -2.27. The summed E-state index contributed by atoms with van der Waals surface area (Å²) >= 11 is 0. The van der Waals surface area contributed by atoms with Crippen LogP contribution in [0.15, 0.2) is 24.4 Å². The Labute approximate surface area is 55.5 Å². The first-order chi connectivity index (χ1) is 4.47. The number of hydrogen-bond acceptors (Lipinski definition) is 1. The molecule has 0 aromatic carbocycles. The maximum atomic E-state index is 3.33. The number of fused-ring (bicyclic) bond motifs is 1. The van der Waals surface area contributed by atoms with Crippen molar-refractivity contribution < 1.29 is 0 Å². The predicted molar refractivity (Wildman–Crippen MR) is 37.9 cm³/mol. The minimum Gasteiger partial charge on any atom is -0.387 e. The van der Waals surface area contributed by atoms with Crippen LogP contribution in [0.25, 0.3) is 0 Å². The third kappa shape index (κ3) is 0.766. The van der Waals surface area contributed by atoms with E-state index in [4.69, 9.17) is 0 Å². The molecule has 48 valence electrons. The van der Waals surface area contributed by atoms with Crippen LogP contribution in [0.2, 0.25) is 0 Å². The second-order valence-electron chi connectivity index (χ2n) is 2.74. The molecule has 0 saturated carbocycles. The van der Waals surface area contributed by atoms with Gasteiger partial charge in [-0.15, -0.1) is 0 Å². The van der Waals surface area contributed by atoms with Gasteiger partial charge in [0.2, 0.25) is 0 Å². The van der Waals surface area contributed by atoms with Crippen LogP contribution in [0.1, 0.15) is 12.8 Å². The Bertz CT molecular complexity index is 158. The average Bonchev–Trinajstić information content (AvgIpc) is 2.33. The van der Waals surface area contributed by atoms with E-state index in [0.717, 1.165) is 12.0 Å². The van der Waals surface area contributed by atoms with E-state index in [9.17, 15) is 0 Å². The van der Waals surface area contributed by atoms with Gasteiger partial charge < -0.3 is 5.32 Å². The normalized spacial score (nSPS) is 38.2. The van der Waals surface area contributed by atoms with Crippen molar-refractivity contribution in [3.63, 3.8) is 0 Å². The fraction of sp³-hybridized carbons (Fsp3) is 0.500. The van der Waals surface area contributed by atoms with Gasteiger partial charge in [0, 0.05) is 12.0 Å². The molecule has 2 atom stereocenters. The zero-order chi connectivity index (χ0) is 6.10. The minimum absolute atomic E-state index is 0.718. The first-order valence-corrected chi connectivity index (χ1v) is 3.54. The molecule has 0 saturated heterocycles. The van der Waals surface area contributed by atoms with Gasteiger partial charge in [-0.25, -0.2) is 0 Å². The van der Waals surface area contributed by atoms with E-state index in [-0.39, 0.29) is 0 Å². The zero-order valence-electron chi connectivity index (χ0n) is 5.38. The van der Waals surface area contributed by atoms with Crippen molar-refractivity contribution in [1.82, 2.24) is 5.32 Å². The molecule has 1 aliphatic heterocycles. The molecule has 0 amide bonds. The summed E-state index contributed by atoms with van der Waals surface area (Å²) in [6.07, 6.45) is 11.3. The second-order valence-corrected chi connectivity index (χ2v) is 2.74. The molecule has 2 aliphatic rings. The van der Waals surface area contributed by atoms with E-state index in [1.165, 1.54) is 12.8 Å². The Hall–Kier alpha value is -0.720. The van der Waals surface area contributed by atoms with Gasteiger partial charge in [0.25, 0.3) is 0 Å². The Kier molecular flexibility index (Phi) is 1.08. The minimum atomic E-state index is 0.718. The van der Waals surface area contributed by atoms with Gasteiger partial charge in [0.1, 0.15) is 0 Å². The molecular weight excluding hydrogens is 110 g/mol. The van der Waals surface area contributed by atoms with Gasteiger partial charge in [-0.3, -0.25) is 0 Å². The fourth-order valence-electron chi connectivity index (χ4n) is 1.54. The molecule has 1 heterocycles. The summed E-state index contributed by atoms with van der Waals surface area (Å²) in [7, 11) is 0. The van der Waals surface area contributed by atoms with E-state index in [0.29, 0.717) is 0 Å². The summed E-state index contributed by atoms with van der Waals surface area (Å²) in [5.41, 5.74) is 0. The van der Waals surface area contributed by atoms with Crippen LogP contribution in [0.4, 0.5) is 0 Å². The van der Waals surface area contributed by atoms with Gasteiger partial charge in [0.05, 0.1) is 0 Å². The fourth-order valence-corrected chi connectivity index (χ4v) is 1.54. The summed E-state index contributed by atoms with van der Waals surface area (Å²) in [5.74, 6) is 0.787. The number of nitrogens with one attached hydrogen (secondary N) is 1. The first kappa shape index (κ1) is 5.10. The summed E-state index contributed by atoms with van der Waals surface area (Å²) in [6.45, 7) is 0. The van der Waals surface area contributed by atoms with Gasteiger partial charge in [-0.05, 0) is 19.0 Å². The molecular formula is C8H11N. The van der Waals surface area contributed by atoms with Crippen molar-refractivity contribution in [2.24, 2.45) is 5.92 Å². The van der Waals surface area contributed by atoms with Crippen LogP contribution in [0.5, 0.6) is 0 Å². The summed E-state index contributed by atoms with van der Waals surface area (Å²) in [4.78, 5) is 0. The molecule has 2 rings (SSSR count). The number of hydrogen-bond donors (Lipinski definition) is 1. The van der Waals surface area contributed by atoms with Crippen molar-refractivity contribution >= 4 is 0 Å². The van der Waals surface area contributed by atoms with Crippen LogP contribution in [0.3, 0.4) is 0 Å². The Morgan fingerprint density at radius 3 is 3.00 bits per heavy atom. The average molecular weight is 121 g/mol. The zero-order valence-corrected chi connectivity index (χ0v) is 5.38. The van der Waals surface area contributed by atoms with Crippen molar-refractivity contribution in [2.45, 2.75) is 18.9 Å². The molecule has 1 nitrogen and oxygen atoms in total. The maximum Gasteiger partial charge on any atom is 0.0356 e. The first-order valence-electron chi connectivity index (χ1n) is 3.54. The van der Waals surface area contributed by atoms with Crippen LogP contribution in [0, 0.1) is 5.92 Å². The van der Waals surface area contributed by atoms with Crippen LogP contribution in [-0.4, -0.2) is 6.04 Å². The van der Waals surface area contributed by atoms with Crippen LogP contribution in [-0.2, 0) is 0 Å². The lowest BCUT2D eigenvalue weighted by molar-refractivity contribution is 0.473. The molecule has 9 heavy (non-hydrogen) atoms. The highest BCUT2D eigenvalue weighted by atomic mass is 14.9. The molecule has 0 fully saturated rings. The summed E-state index contributed by atoms with van der Waals surface area (Å²) in [6, 6.07) is 0.718. The Balaban J connectivity index is 2.13. The van der Waals surface area contributed by atoms with Crippen molar-refractivity contribution in [2.75, 3.05) is 0 Å². The highest BCUT2D eigenvalue weighted by Crippen LogP contribution is 2.23. The van der Waals surface area contributed by atoms with E-state index >= 15 is 0 Å². The lowest BCUT2D eigenvalue weighted by Gasteiger charge is -2.20. The van der Waals surface area contributed by atoms with Gasteiger partial charge in [-0.1, -0.05) is 18.2 Å². The van der Waals surface area contributed by atoms with Crippen molar-refractivity contribution in [3.8, 4) is 0 Å². The smallest absolute Gasteiger partial charge is 0.0356 e. The van der Waals surface area contributed by atoms with E-state index < -0.39 is 0 Å². The van der Waals surface area contributed by atoms with Gasteiger partial charge >= 0.3 is 0 Å². The highest BCUT2D eigenvalue weighted by molar-refractivity contribution is 5.10. The van der Waals surface area contributed by atoms with Crippen LogP contribution >= 0.6 is 0 Å². The molecule has 0 bridgehead atoms. The SMILES string of the molecule is C1=CCC2NC=CC2C1. The molecule has 0 aromatic heterocycles. The van der Waals surface area contributed by atoms with E-state index in [2.05, 4.69) is 29.7 Å². The highest BCUT2D eigenvalue weighted by Gasteiger charge is 2.21. The van der Waals surface area contributed by atoms with Crippen LogP contribution < -0.4 is 5.32 Å².